The van der Waals surface area contributed by atoms with E-state index in [2.05, 4.69) is 54.0 Å². The lowest BCUT2D eigenvalue weighted by molar-refractivity contribution is -0.120. The third-order valence-corrected chi connectivity index (χ3v) is 6.19. The predicted octanol–water partition coefficient (Wildman–Crippen LogP) is 2.15. The molecule has 1 amide bonds. The van der Waals surface area contributed by atoms with E-state index in [0.29, 0.717) is 24.3 Å². The van der Waals surface area contributed by atoms with Crippen LogP contribution in [0.5, 0.6) is 0 Å². The van der Waals surface area contributed by atoms with Crippen LogP contribution in [0.1, 0.15) is 29.9 Å². The van der Waals surface area contributed by atoms with Crippen molar-refractivity contribution in [3.63, 3.8) is 0 Å². The first kappa shape index (κ1) is 16.2. The topological polar surface area (TPSA) is 75.1 Å². The number of piperidine rings is 1. The number of nitriles is 1. The summed E-state index contributed by atoms with van der Waals surface area (Å²) < 4.78 is 2.22. The number of likely N-dealkylation sites (N-methyl/N-ethyl adjacent to an activating group) is 1. The summed E-state index contributed by atoms with van der Waals surface area (Å²) in [4.78, 5) is 13.9. The third kappa shape index (κ3) is 2.52. The summed E-state index contributed by atoms with van der Waals surface area (Å²) in [6.45, 7) is 0.921. The lowest BCUT2D eigenvalue weighted by atomic mass is 9.71. The van der Waals surface area contributed by atoms with Crippen molar-refractivity contribution in [2.75, 3.05) is 13.6 Å². The van der Waals surface area contributed by atoms with Gasteiger partial charge in [0.2, 0.25) is 5.91 Å². The van der Waals surface area contributed by atoms with Crippen molar-refractivity contribution >= 4 is 16.8 Å². The zero-order valence-corrected chi connectivity index (χ0v) is 14.8. The molecule has 25 heavy (non-hydrogen) atoms. The Hall–Kier alpha value is -2.32. The van der Waals surface area contributed by atoms with Crippen LogP contribution < -0.4 is 5.73 Å². The van der Waals surface area contributed by atoms with Crippen molar-refractivity contribution in [1.82, 2.24) is 9.47 Å². The van der Waals surface area contributed by atoms with E-state index in [1.54, 1.807) is 0 Å². The fourth-order valence-electron chi connectivity index (χ4n) is 5.07. The summed E-state index contributed by atoms with van der Waals surface area (Å²) in [5.74, 6) is -0.400. The van der Waals surface area contributed by atoms with Gasteiger partial charge in [0.25, 0.3) is 0 Å². The molecule has 130 valence electrons. The van der Waals surface area contributed by atoms with E-state index in [0.717, 1.165) is 19.4 Å². The van der Waals surface area contributed by atoms with Crippen LogP contribution in [-0.4, -0.2) is 35.0 Å². The zero-order chi connectivity index (χ0) is 17.7. The Morgan fingerprint density at radius 2 is 2.24 bits per heavy atom. The molecular formula is C20H24N4O. The molecule has 0 saturated carbocycles. The summed E-state index contributed by atoms with van der Waals surface area (Å²) in [5.41, 5.74) is 9.54. The molecule has 0 bridgehead atoms. The lowest BCUT2D eigenvalue weighted by Crippen LogP contribution is -2.48. The van der Waals surface area contributed by atoms with Gasteiger partial charge in [0, 0.05) is 42.7 Å². The number of aryl methyl sites for hydroxylation is 1. The van der Waals surface area contributed by atoms with E-state index in [1.165, 1.54) is 22.0 Å². The first-order chi connectivity index (χ1) is 12.0. The number of rotatable bonds is 3. The van der Waals surface area contributed by atoms with Gasteiger partial charge in [-0.1, -0.05) is 12.1 Å². The van der Waals surface area contributed by atoms with Crippen LogP contribution in [0.3, 0.4) is 0 Å². The zero-order valence-electron chi connectivity index (χ0n) is 14.8. The van der Waals surface area contributed by atoms with Crippen molar-refractivity contribution in [2.45, 2.75) is 31.2 Å². The average molecular weight is 336 g/mol. The summed E-state index contributed by atoms with van der Waals surface area (Å²) in [6.07, 6.45) is 4.92. The fourth-order valence-corrected chi connectivity index (χ4v) is 5.07. The van der Waals surface area contributed by atoms with E-state index in [9.17, 15) is 10.1 Å². The van der Waals surface area contributed by atoms with E-state index in [-0.39, 0.29) is 0 Å². The molecule has 2 aliphatic rings. The van der Waals surface area contributed by atoms with Gasteiger partial charge in [-0.15, -0.1) is 0 Å². The maximum Gasteiger partial charge on any atom is 0.234 e. The van der Waals surface area contributed by atoms with Crippen molar-refractivity contribution in [1.29, 1.82) is 5.26 Å². The van der Waals surface area contributed by atoms with Gasteiger partial charge in [0.15, 0.2) is 0 Å². The molecule has 5 nitrogen and oxygen atoms in total. The summed E-state index contributed by atoms with van der Waals surface area (Å²) >= 11 is 0. The highest BCUT2D eigenvalue weighted by atomic mass is 16.1. The molecule has 2 unspecified atom stereocenters. The Kier molecular flexibility index (Phi) is 3.81. The predicted molar refractivity (Wildman–Crippen MR) is 96.8 cm³/mol. The van der Waals surface area contributed by atoms with E-state index < -0.39 is 11.8 Å². The molecule has 0 radical (unpaired) electrons. The number of benzene rings is 1. The number of nitrogens with two attached hydrogens (primary N) is 1. The number of likely N-dealkylation sites (tertiary alicyclic amines) is 1. The molecule has 1 aliphatic carbocycles. The Bertz CT molecular complexity index is 878. The Morgan fingerprint density at radius 1 is 1.44 bits per heavy atom. The molecule has 5 heteroatoms. The molecule has 1 fully saturated rings. The number of amides is 1. The number of hydrogen-bond acceptors (Lipinski definition) is 3. The number of primary amides is 1. The minimum atomic E-state index is -0.679. The molecule has 1 aromatic carbocycles. The molecule has 2 aromatic rings. The van der Waals surface area contributed by atoms with Crippen molar-refractivity contribution < 1.29 is 4.79 Å². The molecular weight excluding hydrogens is 312 g/mol. The molecule has 0 spiro atoms. The highest BCUT2D eigenvalue weighted by Gasteiger charge is 2.40. The first-order valence-electron chi connectivity index (χ1n) is 8.95. The van der Waals surface area contributed by atoms with Crippen LogP contribution in [0.15, 0.2) is 24.4 Å². The summed E-state index contributed by atoms with van der Waals surface area (Å²) in [6, 6.07) is 9.16. The van der Waals surface area contributed by atoms with Crippen LogP contribution in [0.2, 0.25) is 0 Å². The second-order valence-corrected chi connectivity index (χ2v) is 7.75. The number of nitrogens with zero attached hydrogens (tertiary/aromatic N) is 3. The molecule has 2 N–H and O–H groups in total. The first-order valence-corrected chi connectivity index (χ1v) is 8.95. The minimum absolute atomic E-state index is 0.323. The van der Waals surface area contributed by atoms with Gasteiger partial charge < -0.3 is 15.2 Å². The van der Waals surface area contributed by atoms with Crippen molar-refractivity contribution in [3.05, 3.63) is 35.5 Å². The molecule has 1 aromatic heterocycles. The maximum atomic E-state index is 11.5. The second-order valence-electron chi connectivity index (χ2n) is 7.75. The normalized spacial score (nSPS) is 26.8. The van der Waals surface area contributed by atoms with Gasteiger partial charge in [0.05, 0.1) is 6.07 Å². The Labute approximate surface area is 148 Å². The molecule has 4 rings (SSSR count). The van der Waals surface area contributed by atoms with Gasteiger partial charge in [-0.3, -0.25) is 4.79 Å². The molecule has 2 heterocycles. The van der Waals surface area contributed by atoms with Gasteiger partial charge in [-0.05, 0) is 49.4 Å². The SMILES string of the molecule is CN1CC(CC(C#N)C(N)=O)C[C@@H]2c3cccc4c3c(cn4C)C[C@H]21. The number of fused-ring (bicyclic) bond motifs is 2. The number of carbonyl (C=O) groups excluding carboxylic acids is 1. The van der Waals surface area contributed by atoms with Crippen LogP contribution in [0.25, 0.3) is 10.9 Å². The maximum absolute atomic E-state index is 11.5. The quantitative estimate of drug-likeness (QED) is 0.933. The number of hydrogen-bond donors (Lipinski definition) is 1. The molecule has 4 atom stereocenters. The molecule has 1 saturated heterocycles. The minimum Gasteiger partial charge on any atom is -0.369 e. The molecule has 1 aliphatic heterocycles. The van der Waals surface area contributed by atoms with Crippen LogP contribution >= 0.6 is 0 Å². The van der Waals surface area contributed by atoms with E-state index >= 15 is 0 Å². The highest BCUT2D eigenvalue weighted by molar-refractivity contribution is 5.89. The third-order valence-electron chi connectivity index (χ3n) is 6.19. The largest absolute Gasteiger partial charge is 0.369 e. The number of carbonyl (C=O) groups is 1. The standard InChI is InChI=1S/C20H24N4O/c1-23-10-12(6-13(9-21)20(22)25)7-16-15-4-3-5-17-19(15)14(8-18(16)23)11-24(17)2/h3-5,11-13,16,18H,6-8,10H2,1-2H3,(H2,22,25)/t12?,13?,16-,18-/m1/s1. The fraction of sp³-hybridized carbons (Fsp3) is 0.500. The van der Waals surface area contributed by atoms with E-state index in [4.69, 9.17) is 5.73 Å². The van der Waals surface area contributed by atoms with Crippen LogP contribution in [0.4, 0.5) is 0 Å². The van der Waals surface area contributed by atoms with Crippen LogP contribution in [0, 0.1) is 23.2 Å². The monoisotopic (exact) mass is 336 g/mol. The Balaban J connectivity index is 1.69. The van der Waals surface area contributed by atoms with Gasteiger partial charge >= 0.3 is 0 Å². The van der Waals surface area contributed by atoms with Gasteiger partial charge in [0.1, 0.15) is 5.92 Å². The van der Waals surface area contributed by atoms with E-state index in [1.807, 2.05) is 0 Å². The summed E-state index contributed by atoms with van der Waals surface area (Å²) in [5, 5.41) is 10.6. The summed E-state index contributed by atoms with van der Waals surface area (Å²) in [7, 11) is 4.28. The second kappa shape index (κ2) is 5.89. The van der Waals surface area contributed by atoms with Gasteiger partial charge in [-0.25, -0.2) is 0 Å². The number of aromatic nitrogens is 1. The van der Waals surface area contributed by atoms with Crippen molar-refractivity contribution in [2.24, 2.45) is 24.6 Å². The van der Waals surface area contributed by atoms with Crippen molar-refractivity contribution in [3.8, 4) is 6.07 Å². The Morgan fingerprint density at radius 3 is 2.96 bits per heavy atom. The smallest absolute Gasteiger partial charge is 0.234 e. The van der Waals surface area contributed by atoms with Crippen LogP contribution in [-0.2, 0) is 18.3 Å². The average Bonchev–Trinajstić information content (AvgIpc) is 2.91. The lowest BCUT2D eigenvalue weighted by Gasteiger charge is -2.45. The highest BCUT2D eigenvalue weighted by Crippen LogP contribution is 2.45. The van der Waals surface area contributed by atoms with Gasteiger partial charge in [-0.2, -0.15) is 5.26 Å².